The zero-order valence-corrected chi connectivity index (χ0v) is 18.8. The van der Waals surface area contributed by atoms with Gasteiger partial charge in [-0.15, -0.1) is 0 Å². The summed E-state index contributed by atoms with van der Waals surface area (Å²) in [5, 5.41) is 9.86. The minimum absolute atomic E-state index is 0.0174. The molecular weight excluding hydrogens is 435 g/mol. The number of fused-ring (bicyclic) bond motifs is 2. The molecule has 3 atom stereocenters. The van der Waals surface area contributed by atoms with E-state index >= 15 is 0 Å². The summed E-state index contributed by atoms with van der Waals surface area (Å²) in [6.45, 7) is 7.22. The fourth-order valence-corrected chi connectivity index (χ4v) is 5.30. The first kappa shape index (κ1) is 21.2. The minimum atomic E-state index is -0.584. The van der Waals surface area contributed by atoms with Crippen molar-refractivity contribution in [3.05, 3.63) is 45.9 Å². The third kappa shape index (κ3) is 3.53. The summed E-state index contributed by atoms with van der Waals surface area (Å²) in [7, 11) is 0. The normalized spacial score (nSPS) is 25.1. The summed E-state index contributed by atoms with van der Waals surface area (Å²) < 4.78 is 13.4. The standard InChI is InChI=1S/C22H26ClFN6O2/c1-12-9-28-7-3-4-15(28)10-29(12)22(32)30-11-16-19(13(30)2)26-27-20(16)25-21(31)14-5-6-18(24)17(23)8-14/h5-6,8,12-13,15H,3-4,7,9-11H2,1-2H3,(H2,25,26,27,31)/t12-,13?,15-/m0/s1. The van der Waals surface area contributed by atoms with Crippen LogP contribution in [0.4, 0.5) is 15.0 Å². The molecule has 2 saturated heterocycles. The first-order valence-corrected chi connectivity index (χ1v) is 11.4. The molecule has 3 aliphatic heterocycles. The number of urea groups is 1. The number of anilines is 1. The van der Waals surface area contributed by atoms with Gasteiger partial charge < -0.3 is 15.1 Å². The van der Waals surface area contributed by atoms with E-state index in [1.807, 2.05) is 16.7 Å². The summed E-state index contributed by atoms with van der Waals surface area (Å²) in [4.78, 5) is 32.4. The van der Waals surface area contributed by atoms with E-state index in [2.05, 4.69) is 27.3 Å². The SMILES string of the molecule is CC1c2[nH]nc(NC(=O)c3ccc(F)c(Cl)c3)c2CN1C(=O)N1C[C@@H]2CCCN2C[C@@H]1C. The first-order chi connectivity index (χ1) is 15.3. The Morgan fingerprint density at radius 3 is 2.84 bits per heavy atom. The lowest BCUT2D eigenvalue weighted by Crippen LogP contribution is -2.59. The number of H-pyrrole nitrogens is 1. The maximum Gasteiger partial charge on any atom is 0.321 e. The summed E-state index contributed by atoms with van der Waals surface area (Å²) >= 11 is 5.80. The van der Waals surface area contributed by atoms with Crippen molar-refractivity contribution in [2.75, 3.05) is 25.0 Å². The van der Waals surface area contributed by atoms with Crippen LogP contribution < -0.4 is 5.32 Å². The van der Waals surface area contributed by atoms with Gasteiger partial charge in [-0.25, -0.2) is 9.18 Å². The number of nitrogens with zero attached hydrogens (tertiary/aromatic N) is 4. The summed E-state index contributed by atoms with van der Waals surface area (Å²) in [6, 6.07) is 4.25. The van der Waals surface area contributed by atoms with Crippen LogP contribution in [-0.4, -0.2) is 68.6 Å². The molecule has 1 unspecified atom stereocenters. The number of hydrogen-bond donors (Lipinski definition) is 2. The highest BCUT2D eigenvalue weighted by molar-refractivity contribution is 6.31. The minimum Gasteiger partial charge on any atom is -0.319 e. The van der Waals surface area contributed by atoms with Gasteiger partial charge in [0.25, 0.3) is 5.91 Å². The largest absolute Gasteiger partial charge is 0.321 e. The van der Waals surface area contributed by atoms with Crippen molar-refractivity contribution in [3.63, 3.8) is 0 Å². The van der Waals surface area contributed by atoms with Crippen molar-refractivity contribution in [1.82, 2.24) is 24.9 Å². The van der Waals surface area contributed by atoms with Crippen LogP contribution in [-0.2, 0) is 6.54 Å². The molecule has 0 aliphatic carbocycles. The Labute approximate surface area is 190 Å². The number of benzene rings is 1. The molecule has 3 amide bonds. The number of hydrogen-bond acceptors (Lipinski definition) is 4. The predicted molar refractivity (Wildman–Crippen MR) is 118 cm³/mol. The van der Waals surface area contributed by atoms with Gasteiger partial charge in [-0.3, -0.25) is 14.8 Å². The zero-order chi connectivity index (χ0) is 22.6. The van der Waals surface area contributed by atoms with Crippen LogP contribution in [0.1, 0.15) is 54.3 Å². The van der Waals surface area contributed by atoms with Crippen LogP contribution in [0, 0.1) is 5.82 Å². The lowest BCUT2D eigenvalue weighted by molar-refractivity contribution is 0.0580. The third-order valence-corrected chi connectivity index (χ3v) is 7.24. The fourth-order valence-electron chi connectivity index (χ4n) is 5.12. The van der Waals surface area contributed by atoms with Crippen LogP contribution in [0.3, 0.4) is 0 Å². The Balaban J connectivity index is 1.31. The van der Waals surface area contributed by atoms with Gasteiger partial charge in [-0.2, -0.15) is 5.10 Å². The highest BCUT2D eigenvalue weighted by Gasteiger charge is 2.42. The van der Waals surface area contributed by atoms with Crippen LogP contribution in [0.25, 0.3) is 0 Å². The molecule has 10 heteroatoms. The number of rotatable bonds is 2. The van der Waals surface area contributed by atoms with Crippen LogP contribution in [0.15, 0.2) is 18.2 Å². The number of amides is 3. The topological polar surface area (TPSA) is 84.6 Å². The van der Waals surface area contributed by atoms with E-state index in [0.29, 0.717) is 18.4 Å². The van der Waals surface area contributed by atoms with Gasteiger partial charge in [0, 0.05) is 36.3 Å². The lowest BCUT2D eigenvalue weighted by atomic mass is 10.1. The number of nitrogens with one attached hydrogen (secondary N) is 2. The van der Waals surface area contributed by atoms with E-state index in [-0.39, 0.29) is 28.7 Å². The van der Waals surface area contributed by atoms with E-state index < -0.39 is 11.7 Å². The highest BCUT2D eigenvalue weighted by atomic mass is 35.5. The number of piperazine rings is 1. The Bertz CT molecular complexity index is 1070. The Morgan fingerprint density at radius 1 is 1.25 bits per heavy atom. The van der Waals surface area contributed by atoms with Crippen molar-refractivity contribution in [1.29, 1.82) is 0 Å². The van der Waals surface area contributed by atoms with E-state index in [9.17, 15) is 14.0 Å². The Morgan fingerprint density at radius 2 is 2.06 bits per heavy atom. The first-order valence-electron chi connectivity index (χ1n) is 11.0. The lowest BCUT2D eigenvalue weighted by Gasteiger charge is -2.44. The van der Waals surface area contributed by atoms with Gasteiger partial charge in [0.1, 0.15) is 5.82 Å². The third-order valence-electron chi connectivity index (χ3n) is 6.96. The Hall–Kier alpha value is -2.65. The van der Waals surface area contributed by atoms with Crippen LogP contribution in [0.5, 0.6) is 0 Å². The molecule has 0 radical (unpaired) electrons. The summed E-state index contributed by atoms with van der Waals surface area (Å²) in [5.74, 6) is -0.648. The molecule has 32 heavy (non-hydrogen) atoms. The molecule has 1 aromatic heterocycles. The number of carbonyl (C=O) groups excluding carboxylic acids is 2. The molecular formula is C22H26ClFN6O2. The van der Waals surface area contributed by atoms with E-state index in [0.717, 1.165) is 43.4 Å². The highest BCUT2D eigenvalue weighted by Crippen LogP contribution is 2.37. The van der Waals surface area contributed by atoms with Gasteiger partial charge >= 0.3 is 6.03 Å². The summed E-state index contributed by atoms with van der Waals surface area (Å²) in [6.07, 6.45) is 2.33. The van der Waals surface area contributed by atoms with Crippen LogP contribution >= 0.6 is 11.6 Å². The molecule has 5 rings (SSSR count). The number of halogens is 2. The fraction of sp³-hybridized carbons (Fsp3) is 0.500. The molecule has 8 nitrogen and oxygen atoms in total. The van der Waals surface area contributed by atoms with Gasteiger partial charge in [-0.05, 0) is 51.4 Å². The van der Waals surface area contributed by atoms with Crippen molar-refractivity contribution >= 4 is 29.4 Å². The average molecular weight is 461 g/mol. The van der Waals surface area contributed by atoms with E-state index in [4.69, 9.17) is 11.6 Å². The average Bonchev–Trinajstić information content (AvgIpc) is 3.46. The predicted octanol–water partition coefficient (Wildman–Crippen LogP) is 3.62. The van der Waals surface area contributed by atoms with Gasteiger partial charge in [0.05, 0.1) is 23.3 Å². The molecule has 4 heterocycles. The smallest absolute Gasteiger partial charge is 0.319 e. The zero-order valence-electron chi connectivity index (χ0n) is 18.1. The molecule has 1 aromatic carbocycles. The second-order valence-electron chi connectivity index (χ2n) is 8.93. The molecule has 0 saturated carbocycles. The molecule has 2 fully saturated rings. The van der Waals surface area contributed by atoms with E-state index in [1.165, 1.54) is 18.6 Å². The second kappa shape index (κ2) is 8.04. The molecule has 3 aliphatic rings. The number of aromatic nitrogens is 2. The van der Waals surface area contributed by atoms with Gasteiger partial charge in [0.2, 0.25) is 0 Å². The van der Waals surface area contributed by atoms with Crippen molar-refractivity contribution < 1.29 is 14.0 Å². The number of aromatic amines is 1. The molecule has 0 spiro atoms. The van der Waals surface area contributed by atoms with Gasteiger partial charge in [-0.1, -0.05) is 11.6 Å². The van der Waals surface area contributed by atoms with Gasteiger partial charge in [0.15, 0.2) is 5.82 Å². The van der Waals surface area contributed by atoms with Crippen molar-refractivity contribution in [2.45, 2.75) is 51.4 Å². The second-order valence-corrected chi connectivity index (χ2v) is 9.33. The Kier molecular flexibility index (Phi) is 5.33. The monoisotopic (exact) mass is 460 g/mol. The molecule has 170 valence electrons. The number of carbonyl (C=O) groups is 2. The quantitative estimate of drug-likeness (QED) is 0.716. The van der Waals surface area contributed by atoms with E-state index in [1.54, 1.807) is 0 Å². The maximum absolute atomic E-state index is 13.5. The molecule has 2 aromatic rings. The maximum atomic E-state index is 13.5. The van der Waals surface area contributed by atoms with Crippen molar-refractivity contribution in [3.8, 4) is 0 Å². The summed E-state index contributed by atoms with van der Waals surface area (Å²) in [5.41, 5.74) is 1.84. The van der Waals surface area contributed by atoms with Crippen LogP contribution in [0.2, 0.25) is 5.02 Å². The molecule has 2 N–H and O–H groups in total. The van der Waals surface area contributed by atoms with Crippen molar-refractivity contribution in [2.24, 2.45) is 0 Å². The molecule has 0 bridgehead atoms.